The average molecular weight is 331 g/mol. The van der Waals surface area contributed by atoms with E-state index in [9.17, 15) is 9.59 Å². The van der Waals surface area contributed by atoms with Gasteiger partial charge in [0.05, 0.1) is 0 Å². The molecule has 0 spiro atoms. The van der Waals surface area contributed by atoms with Gasteiger partial charge in [0, 0.05) is 37.1 Å². The Morgan fingerprint density at radius 2 is 1.70 bits per heavy atom. The second-order valence-corrected chi connectivity index (χ2v) is 5.68. The molecule has 2 rings (SSSR count). The Balaban J connectivity index is 1.75. The molecule has 0 radical (unpaired) electrons. The normalized spacial score (nSPS) is 10.2. The van der Waals surface area contributed by atoms with Gasteiger partial charge in [0.2, 0.25) is 5.91 Å². The Bertz CT molecular complexity index is 656. The fourth-order valence-electron chi connectivity index (χ4n) is 2.12. The molecule has 23 heavy (non-hydrogen) atoms. The number of nitrogens with one attached hydrogen (secondary N) is 1. The van der Waals surface area contributed by atoms with Crippen LogP contribution in [0.15, 0.2) is 54.6 Å². The van der Waals surface area contributed by atoms with Gasteiger partial charge < -0.3 is 10.2 Å². The number of nitrogens with zero attached hydrogens (tertiary/aromatic N) is 1. The SMILES string of the molecule is CN(Cc1ccccc1)C(=O)CCNC(=O)c1ccc(Cl)cc1. The molecule has 0 unspecified atom stereocenters. The summed E-state index contributed by atoms with van der Waals surface area (Å²) in [6.45, 7) is 0.865. The lowest BCUT2D eigenvalue weighted by atomic mass is 10.2. The molecule has 0 saturated heterocycles. The summed E-state index contributed by atoms with van der Waals surface area (Å²) in [5.74, 6) is -0.217. The molecule has 0 aliphatic heterocycles. The largest absolute Gasteiger partial charge is 0.352 e. The predicted octanol–water partition coefficient (Wildman–Crippen LogP) is 3.12. The Morgan fingerprint density at radius 3 is 2.35 bits per heavy atom. The number of hydrogen-bond acceptors (Lipinski definition) is 2. The van der Waals surface area contributed by atoms with Crippen molar-refractivity contribution >= 4 is 23.4 Å². The van der Waals surface area contributed by atoms with Gasteiger partial charge in [0.1, 0.15) is 0 Å². The third kappa shape index (κ3) is 5.42. The van der Waals surface area contributed by atoms with Gasteiger partial charge >= 0.3 is 0 Å². The smallest absolute Gasteiger partial charge is 0.251 e. The lowest BCUT2D eigenvalue weighted by molar-refractivity contribution is -0.130. The highest BCUT2D eigenvalue weighted by Gasteiger charge is 2.10. The van der Waals surface area contributed by atoms with Crippen molar-refractivity contribution in [3.63, 3.8) is 0 Å². The van der Waals surface area contributed by atoms with Crippen LogP contribution < -0.4 is 5.32 Å². The molecular weight excluding hydrogens is 312 g/mol. The Labute approximate surface area is 141 Å². The van der Waals surface area contributed by atoms with E-state index in [1.54, 1.807) is 36.2 Å². The molecule has 2 aromatic rings. The molecule has 5 heteroatoms. The van der Waals surface area contributed by atoms with Crippen LogP contribution in [0.25, 0.3) is 0 Å². The standard InChI is InChI=1S/C18H19ClN2O2/c1-21(13-14-5-3-2-4-6-14)17(22)11-12-20-18(23)15-7-9-16(19)10-8-15/h2-10H,11-13H2,1H3,(H,20,23). The quantitative estimate of drug-likeness (QED) is 0.884. The van der Waals surface area contributed by atoms with E-state index >= 15 is 0 Å². The van der Waals surface area contributed by atoms with E-state index in [1.165, 1.54) is 0 Å². The van der Waals surface area contributed by atoms with Crippen LogP contribution in [0.4, 0.5) is 0 Å². The van der Waals surface area contributed by atoms with Gasteiger partial charge in [-0.25, -0.2) is 0 Å². The monoisotopic (exact) mass is 330 g/mol. The Kier molecular flexibility index (Phi) is 6.18. The second kappa shape index (κ2) is 8.34. The van der Waals surface area contributed by atoms with Gasteiger partial charge in [-0.2, -0.15) is 0 Å². The van der Waals surface area contributed by atoms with Crippen molar-refractivity contribution in [1.82, 2.24) is 10.2 Å². The van der Waals surface area contributed by atoms with Crippen LogP contribution in [-0.2, 0) is 11.3 Å². The number of benzene rings is 2. The van der Waals surface area contributed by atoms with Crippen molar-refractivity contribution in [2.75, 3.05) is 13.6 Å². The van der Waals surface area contributed by atoms with Gasteiger partial charge in [0.15, 0.2) is 0 Å². The number of carbonyl (C=O) groups excluding carboxylic acids is 2. The molecular formula is C18H19ClN2O2. The van der Waals surface area contributed by atoms with E-state index in [4.69, 9.17) is 11.6 Å². The van der Waals surface area contributed by atoms with Crippen molar-refractivity contribution < 1.29 is 9.59 Å². The van der Waals surface area contributed by atoms with Gasteiger partial charge in [0.25, 0.3) is 5.91 Å². The molecule has 0 bridgehead atoms. The van der Waals surface area contributed by atoms with Crippen molar-refractivity contribution in [3.05, 3.63) is 70.7 Å². The third-order valence-electron chi connectivity index (χ3n) is 3.42. The molecule has 120 valence electrons. The lowest BCUT2D eigenvalue weighted by Gasteiger charge is -2.17. The van der Waals surface area contributed by atoms with Gasteiger partial charge in [-0.3, -0.25) is 9.59 Å². The van der Waals surface area contributed by atoms with Gasteiger partial charge in [-0.1, -0.05) is 41.9 Å². The van der Waals surface area contributed by atoms with Crippen LogP contribution in [0.3, 0.4) is 0 Å². The molecule has 0 aliphatic rings. The summed E-state index contributed by atoms with van der Waals surface area (Å²) in [5, 5.41) is 3.32. The van der Waals surface area contributed by atoms with E-state index in [2.05, 4.69) is 5.32 Å². The van der Waals surface area contributed by atoms with E-state index in [0.29, 0.717) is 23.7 Å². The molecule has 0 aromatic heterocycles. The summed E-state index contributed by atoms with van der Waals surface area (Å²) in [6, 6.07) is 16.4. The van der Waals surface area contributed by atoms with Crippen LogP contribution in [0.2, 0.25) is 5.02 Å². The predicted molar refractivity (Wildman–Crippen MR) is 91.3 cm³/mol. The van der Waals surface area contributed by atoms with Crippen molar-refractivity contribution in [3.8, 4) is 0 Å². The Morgan fingerprint density at radius 1 is 1.04 bits per heavy atom. The fraction of sp³-hybridized carbons (Fsp3) is 0.222. The van der Waals surface area contributed by atoms with E-state index < -0.39 is 0 Å². The van der Waals surface area contributed by atoms with E-state index in [1.807, 2.05) is 30.3 Å². The zero-order valence-corrected chi connectivity index (χ0v) is 13.7. The summed E-state index contributed by atoms with van der Waals surface area (Å²) in [4.78, 5) is 25.6. The zero-order chi connectivity index (χ0) is 16.7. The topological polar surface area (TPSA) is 49.4 Å². The second-order valence-electron chi connectivity index (χ2n) is 5.25. The minimum atomic E-state index is -0.208. The van der Waals surface area contributed by atoms with E-state index in [0.717, 1.165) is 5.56 Å². The van der Waals surface area contributed by atoms with E-state index in [-0.39, 0.29) is 18.2 Å². The molecule has 2 aromatic carbocycles. The maximum absolute atomic E-state index is 12.1. The first-order chi connectivity index (χ1) is 11.1. The van der Waals surface area contributed by atoms with Crippen molar-refractivity contribution in [2.24, 2.45) is 0 Å². The van der Waals surface area contributed by atoms with Gasteiger partial charge in [-0.05, 0) is 29.8 Å². The first kappa shape index (κ1) is 17.0. The molecule has 0 aliphatic carbocycles. The number of halogens is 1. The number of hydrogen-bond donors (Lipinski definition) is 1. The summed E-state index contributed by atoms with van der Waals surface area (Å²) in [5.41, 5.74) is 1.60. The average Bonchev–Trinajstić information content (AvgIpc) is 2.56. The number of amides is 2. The molecule has 4 nitrogen and oxygen atoms in total. The van der Waals surface area contributed by atoms with Crippen molar-refractivity contribution in [2.45, 2.75) is 13.0 Å². The highest BCUT2D eigenvalue weighted by Crippen LogP contribution is 2.09. The zero-order valence-electron chi connectivity index (χ0n) is 13.0. The minimum absolute atomic E-state index is 0.00902. The molecule has 0 heterocycles. The number of carbonyl (C=O) groups is 2. The summed E-state index contributed by atoms with van der Waals surface area (Å²) >= 11 is 5.78. The highest BCUT2D eigenvalue weighted by molar-refractivity contribution is 6.30. The maximum Gasteiger partial charge on any atom is 0.251 e. The molecule has 0 saturated carbocycles. The summed E-state index contributed by atoms with van der Waals surface area (Å²) < 4.78 is 0. The van der Waals surface area contributed by atoms with Crippen LogP contribution in [0.5, 0.6) is 0 Å². The highest BCUT2D eigenvalue weighted by atomic mass is 35.5. The molecule has 0 atom stereocenters. The van der Waals surface area contributed by atoms with Crippen LogP contribution in [-0.4, -0.2) is 30.3 Å². The minimum Gasteiger partial charge on any atom is -0.352 e. The maximum atomic E-state index is 12.1. The summed E-state index contributed by atoms with van der Waals surface area (Å²) in [6.07, 6.45) is 0.267. The van der Waals surface area contributed by atoms with Crippen LogP contribution in [0, 0.1) is 0 Å². The van der Waals surface area contributed by atoms with Gasteiger partial charge in [-0.15, -0.1) is 0 Å². The lowest BCUT2D eigenvalue weighted by Crippen LogP contribution is -2.31. The molecule has 1 N–H and O–H groups in total. The van der Waals surface area contributed by atoms with Crippen LogP contribution >= 0.6 is 11.6 Å². The number of rotatable bonds is 6. The fourth-order valence-corrected chi connectivity index (χ4v) is 2.25. The molecule has 2 amide bonds. The van der Waals surface area contributed by atoms with Crippen molar-refractivity contribution in [1.29, 1.82) is 0 Å². The van der Waals surface area contributed by atoms with Crippen LogP contribution in [0.1, 0.15) is 22.3 Å². The first-order valence-corrected chi connectivity index (χ1v) is 7.75. The Hall–Kier alpha value is -2.33. The summed E-state index contributed by atoms with van der Waals surface area (Å²) in [7, 11) is 1.76. The third-order valence-corrected chi connectivity index (χ3v) is 3.67. The first-order valence-electron chi connectivity index (χ1n) is 7.38. The molecule has 0 fully saturated rings.